The van der Waals surface area contributed by atoms with Crippen molar-refractivity contribution in [2.45, 2.75) is 63.6 Å². The van der Waals surface area contributed by atoms with Gasteiger partial charge in [0.05, 0.1) is 22.2 Å². The summed E-state index contributed by atoms with van der Waals surface area (Å²) in [5, 5.41) is 3.78. The van der Waals surface area contributed by atoms with Gasteiger partial charge in [-0.1, -0.05) is 26.0 Å². The van der Waals surface area contributed by atoms with E-state index < -0.39 is 45.3 Å². The van der Waals surface area contributed by atoms with Crippen molar-refractivity contribution in [3.63, 3.8) is 0 Å². The van der Waals surface area contributed by atoms with Gasteiger partial charge in [-0.15, -0.1) is 0 Å². The van der Waals surface area contributed by atoms with Gasteiger partial charge < -0.3 is 14.3 Å². The molecule has 0 N–H and O–H groups in total. The molecule has 0 radical (unpaired) electrons. The Balaban J connectivity index is 0.00000420. The van der Waals surface area contributed by atoms with E-state index in [4.69, 9.17) is 4.74 Å². The number of alkyl halides is 3. The SMILES string of the molecule is CCC(=O)[N-]S(=O)(=O)c1ccc(-n2nc(C(F)(F)F)cc2-c2ccc3c(c2)CCC3)cc1COC(=O)CC.[Na+]. The van der Waals surface area contributed by atoms with Crippen molar-refractivity contribution < 1.29 is 65.5 Å². The Kier molecular flexibility index (Phi) is 9.69. The predicted octanol–water partition coefficient (Wildman–Crippen LogP) is 2.50. The molecule has 1 heterocycles. The molecule has 39 heavy (non-hydrogen) atoms. The molecular formula is C26H25F3N3NaO5S. The molecule has 13 heteroatoms. The van der Waals surface area contributed by atoms with Crippen molar-refractivity contribution in [1.29, 1.82) is 0 Å². The molecule has 1 aromatic heterocycles. The molecule has 0 unspecified atom stereocenters. The predicted molar refractivity (Wildman–Crippen MR) is 132 cm³/mol. The summed E-state index contributed by atoms with van der Waals surface area (Å²) in [6, 6.07) is 10.1. The van der Waals surface area contributed by atoms with Crippen molar-refractivity contribution in [1.82, 2.24) is 9.78 Å². The van der Waals surface area contributed by atoms with Crippen molar-refractivity contribution in [3.05, 3.63) is 69.6 Å². The maximum Gasteiger partial charge on any atom is 1.00 e. The third-order valence-electron chi connectivity index (χ3n) is 6.16. The fourth-order valence-corrected chi connectivity index (χ4v) is 5.41. The standard InChI is InChI=1S/C26H26F3N3O5S.Na/c1-3-24(33)31-38(35,36)22-11-10-20(13-19(22)15-37-25(34)4-2)32-21(14-23(30-32)26(27,28)29)18-9-8-16-6-5-7-17(16)12-18;/h8-14H,3-7,15H2,1-2H3,(H,31,33);/q;+1/p-1. The molecule has 1 aliphatic carbocycles. The number of hydrogen-bond acceptors (Lipinski definition) is 6. The zero-order valence-corrected chi connectivity index (χ0v) is 24.5. The van der Waals surface area contributed by atoms with Crippen LogP contribution in [-0.4, -0.2) is 30.1 Å². The van der Waals surface area contributed by atoms with Crippen LogP contribution in [0.15, 0.2) is 47.4 Å². The number of ether oxygens (including phenoxy) is 1. The first-order chi connectivity index (χ1) is 17.9. The molecule has 0 aliphatic heterocycles. The molecule has 2 aromatic carbocycles. The van der Waals surface area contributed by atoms with Gasteiger partial charge in [-0.25, -0.2) is 13.1 Å². The number of hydrogen-bond donors (Lipinski definition) is 0. The van der Waals surface area contributed by atoms with Crippen LogP contribution in [0, 0.1) is 0 Å². The zero-order valence-electron chi connectivity index (χ0n) is 21.7. The largest absolute Gasteiger partial charge is 1.00 e. The number of halogens is 3. The number of carbonyl (C=O) groups is 2. The van der Waals surface area contributed by atoms with Crippen molar-refractivity contribution in [3.8, 4) is 16.9 Å². The topological polar surface area (TPSA) is 109 Å². The van der Waals surface area contributed by atoms with Gasteiger partial charge in [0.2, 0.25) is 0 Å². The third kappa shape index (κ3) is 6.92. The van der Waals surface area contributed by atoms with E-state index in [1.54, 1.807) is 13.0 Å². The summed E-state index contributed by atoms with van der Waals surface area (Å²) < 4.78 is 76.1. The van der Waals surface area contributed by atoms with Crippen molar-refractivity contribution in [2.75, 3.05) is 0 Å². The second-order valence-electron chi connectivity index (χ2n) is 8.78. The number of carbonyl (C=O) groups excluding carboxylic acids is 2. The molecule has 3 aromatic rings. The molecule has 4 rings (SSSR count). The van der Waals surface area contributed by atoms with Gasteiger partial charge in [-0.05, 0) is 67.1 Å². The average Bonchev–Trinajstić information content (AvgIpc) is 3.53. The van der Waals surface area contributed by atoms with E-state index in [0.29, 0.717) is 5.56 Å². The van der Waals surface area contributed by atoms with Crippen LogP contribution in [0.3, 0.4) is 0 Å². The van der Waals surface area contributed by atoms with E-state index in [9.17, 15) is 31.2 Å². The summed E-state index contributed by atoms with van der Waals surface area (Å²) in [6.07, 6.45) is -2.15. The Hall–Kier alpha value is -2.67. The summed E-state index contributed by atoms with van der Waals surface area (Å²) in [5.74, 6) is -1.48. The molecule has 0 atom stereocenters. The first-order valence-corrected chi connectivity index (χ1v) is 13.5. The molecule has 0 saturated heterocycles. The minimum Gasteiger partial charge on any atom is -0.542 e. The molecule has 0 fully saturated rings. The number of sulfonamides is 1. The van der Waals surface area contributed by atoms with Crippen molar-refractivity contribution in [2.24, 2.45) is 0 Å². The van der Waals surface area contributed by atoms with Crippen molar-refractivity contribution >= 4 is 21.9 Å². The number of aromatic nitrogens is 2. The Morgan fingerprint density at radius 1 is 1.03 bits per heavy atom. The number of benzene rings is 2. The number of nitrogens with zero attached hydrogens (tertiary/aromatic N) is 3. The molecule has 202 valence electrons. The fraction of sp³-hybridized carbons (Fsp3) is 0.346. The second kappa shape index (κ2) is 12.2. The Morgan fingerprint density at radius 2 is 1.74 bits per heavy atom. The van der Waals surface area contributed by atoms with Crippen LogP contribution < -0.4 is 29.6 Å². The third-order valence-corrected chi connectivity index (χ3v) is 7.56. The van der Waals surface area contributed by atoms with Crippen LogP contribution in [-0.2, 0) is 50.0 Å². The van der Waals surface area contributed by atoms with Gasteiger partial charge in [0.1, 0.15) is 16.6 Å². The van der Waals surface area contributed by atoms with E-state index >= 15 is 0 Å². The molecule has 1 amide bonds. The molecule has 1 aliphatic rings. The molecular weight excluding hydrogens is 546 g/mol. The van der Waals surface area contributed by atoms with E-state index in [1.165, 1.54) is 19.1 Å². The second-order valence-corrected chi connectivity index (χ2v) is 10.4. The van der Waals surface area contributed by atoms with Gasteiger partial charge in [0, 0.05) is 17.5 Å². The summed E-state index contributed by atoms with van der Waals surface area (Å²) >= 11 is 0. The number of fused-ring (bicyclic) bond motifs is 1. The van der Waals surface area contributed by atoms with Crippen LogP contribution in [0.1, 0.15) is 55.5 Å². The van der Waals surface area contributed by atoms with Crippen LogP contribution >= 0.6 is 0 Å². The molecule has 0 spiro atoms. The smallest absolute Gasteiger partial charge is 0.542 e. The Labute approximate surface area is 246 Å². The Bertz CT molecular complexity index is 1500. The average molecular weight is 572 g/mol. The summed E-state index contributed by atoms with van der Waals surface area (Å²) in [7, 11) is -4.47. The van der Waals surface area contributed by atoms with Crippen LogP contribution in [0.4, 0.5) is 13.2 Å². The quantitative estimate of drug-likeness (QED) is 0.304. The Morgan fingerprint density at radius 3 is 2.41 bits per heavy atom. The van der Waals surface area contributed by atoms with E-state index in [1.807, 2.05) is 12.1 Å². The van der Waals surface area contributed by atoms with E-state index in [2.05, 4.69) is 9.82 Å². The first-order valence-electron chi connectivity index (χ1n) is 12.0. The first kappa shape index (κ1) is 30.9. The normalized spacial score (nSPS) is 12.9. The van der Waals surface area contributed by atoms with E-state index in [0.717, 1.165) is 47.2 Å². The minimum atomic E-state index is -4.72. The minimum absolute atomic E-state index is 0. The molecule has 0 bridgehead atoms. The number of rotatable bonds is 8. The van der Waals surface area contributed by atoms with E-state index in [-0.39, 0.29) is 59.3 Å². The molecule has 0 saturated carbocycles. The fourth-order valence-electron chi connectivity index (χ4n) is 4.22. The van der Waals surface area contributed by atoms with Gasteiger partial charge in [0.15, 0.2) is 5.69 Å². The van der Waals surface area contributed by atoms with Crippen LogP contribution in [0.25, 0.3) is 21.7 Å². The van der Waals surface area contributed by atoms with Gasteiger partial charge in [-0.3, -0.25) is 4.79 Å². The zero-order chi connectivity index (χ0) is 27.7. The van der Waals surface area contributed by atoms with Gasteiger partial charge in [-0.2, -0.15) is 18.3 Å². The number of esters is 1. The molecule has 8 nitrogen and oxygen atoms in total. The van der Waals surface area contributed by atoms with Gasteiger partial charge >= 0.3 is 41.7 Å². The van der Waals surface area contributed by atoms with Crippen LogP contribution in [0.5, 0.6) is 0 Å². The number of aryl methyl sites for hydroxylation is 2. The van der Waals surface area contributed by atoms with Gasteiger partial charge in [0.25, 0.3) is 0 Å². The van der Waals surface area contributed by atoms with Crippen LogP contribution in [0.2, 0.25) is 0 Å². The number of amides is 1. The summed E-state index contributed by atoms with van der Waals surface area (Å²) in [4.78, 5) is 23.1. The monoisotopic (exact) mass is 571 g/mol. The maximum absolute atomic E-state index is 13.7. The maximum atomic E-state index is 13.7. The summed E-state index contributed by atoms with van der Waals surface area (Å²) in [6.45, 7) is 2.51. The summed E-state index contributed by atoms with van der Waals surface area (Å²) in [5.41, 5.74) is 1.82.